The van der Waals surface area contributed by atoms with Gasteiger partial charge in [0.1, 0.15) is 0 Å². The van der Waals surface area contributed by atoms with Gasteiger partial charge in [-0.1, -0.05) is 39.7 Å². The summed E-state index contributed by atoms with van der Waals surface area (Å²) in [6.07, 6.45) is 4.60. The average Bonchev–Trinajstić information content (AvgIpc) is 2.36. The minimum atomic E-state index is -0.747. The fourth-order valence-corrected chi connectivity index (χ4v) is 2.36. The maximum Gasteiger partial charge on any atom is 0.159 e. The molecule has 1 fully saturated rings. The first-order valence-corrected chi connectivity index (χ1v) is 6.62. The Bertz CT molecular complexity index is 339. The van der Waals surface area contributed by atoms with E-state index in [1.165, 1.54) is 25.0 Å². The number of hydrogen-bond donors (Lipinski definition) is 0. The van der Waals surface area contributed by atoms with Gasteiger partial charge in [0, 0.05) is 0 Å². The quantitative estimate of drug-likeness (QED) is 0.626. The molecule has 0 atom stereocenters. The largest absolute Gasteiger partial charge is 0.204 e. The molecule has 2 heteroatoms. The summed E-state index contributed by atoms with van der Waals surface area (Å²) >= 11 is 0. The Morgan fingerprint density at radius 3 is 2.06 bits per heavy atom. The van der Waals surface area contributed by atoms with Crippen LogP contribution in [0.2, 0.25) is 0 Å². The van der Waals surface area contributed by atoms with E-state index in [1.54, 1.807) is 6.07 Å². The molecule has 1 aromatic rings. The van der Waals surface area contributed by atoms with E-state index in [1.807, 2.05) is 13.8 Å². The molecular formula is C15H22F2. The van der Waals surface area contributed by atoms with E-state index in [0.717, 1.165) is 24.3 Å². The molecule has 1 aliphatic rings. The van der Waals surface area contributed by atoms with E-state index in [2.05, 4.69) is 6.92 Å². The maximum atomic E-state index is 13.0. The topological polar surface area (TPSA) is 0 Å². The molecule has 0 saturated heterocycles. The Morgan fingerprint density at radius 2 is 1.53 bits per heavy atom. The SMILES string of the molecule is CC.CC1CCC(c2ccc(F)c(F)c2)CC1. The third-order valence-corrected chi connectivity index (χ3v) is 3.43. The van der Waals surface area contributed by atoms with Crippen molar-refractivity contribution in [3.63, 3.8) is 0 Å². The highest BCUT2D eigenvalue weighted by Gasteiger charge is 2.20. The Hall–Kier alpha value is -0.920. The molecule has 0 radical (unpaired) electrons. The van der Waals surface area contributed by atoms with Gasteiger partial charge in [0.25, 0.3) is 0 Å². The summed E-state index contributed by atoms with van der Waals surface area (Å²) in [5, 5.41) is 0. The van der Waals surface area contributed by atoms with Crippen molar-refractivity contribution in [2.45, 2.75) is 52.4 Å². The van der Waals surface area contributed by atoms with Gasteiger partial charge >= 0.3 is 0 Å². The van der Waals surface area contributed by atoms with Gasteiger partial charge in [0.15, 0.2) is 11.6 Å². The van der Waals surface area contributed by atoms with Gasteiger partial charge < -0.3 is 0 Å². The molecule has 96 valence electrons. The summed E-state index contributed by atoms with van der Waals surface area (Å²) in [5.74, 6) is -0.253. The molecule has 2 rings (SSSR count). The zero-order valence-electron chi connectivity index (χ0n) is 11.0. The van der Waals surface area contributed by atoms with Crippen LogP contribution in [0.3, 0.4) is 0 Å². The van der Waals surface area contributed by atoms with Crippen molar-refractivity contribution in [2.24, 2.45) is 5.92 Å². The minimum Gasteiger partial charge on any atom is -0.204 e. The minimum absolute atomic E-state index is 0.427. The Labute approximate surface area is 103 Å². The second-order valence-corrected chi connectivity index (χ2v) is 4.63. The highest BCUT2D eigenvalue weighted by atomic mass is 19.2. The van der Waals surface area contributed by atoms with Crippen molar-refractivity contribution in [1.29, 1.82) is 0 Å². The van der Waals surface area contributed by atoms with E-state index < -0.39 is 11.6 Å². The van der Waals surface area contributed by atoms with Crippen molar-refractivity contribution < 1.29 is 8.78 Å². The predicted octanol–water partition coefficient (Wildman–Crippen LogP) is 5.28. The highest BCUT2D eigenvalue weighted by Crippen LogP contribution is 2.35. The predicted molar refractivity (Wildman–Crippen MR) is 68.1 cm³/mol. The van der Waals surface area contributed by atoms with Gasteiger partial charge in [0.05, 0.1) is 0 Å². The molecule has 1 saturated carbocycles. The molecule has 0 spiro atoms. The molecule has 0 nitrogen and oxygen atoms in total. The lowest BCUT2D eigenvalue weighted by Gasteiger charge is -2.26. The first kappa shape index (κ1) is 14.1. The monoisotopic (exact) mass is 240 g/mol. The fraction of sp³-hybridized carbons (Fsp3) is 0.600. The van der Waals surface area contributed by atoms with E-state index >= 15 is 0 Å². The molecule has 0 aromatic heterocycles. The summed E-state index contributed by atoms with van der Waals surface area (Å²) in [4.78, 5) is 0. The van der Waals surface area contributed by atoms with Crippen LogP contribution >= 0.6 is 0 Å². The third kappa shape index (κ3) is 3.79. The standard InChI is InChI=1S/C13H16F2.C2H6/c1-9-2-4-10(5-3-9)11-6-7-12(14)13(15)8-11;1-2/h6-10H,2-5H2,1H3;1-2H3. The van der Waals surface area contributed by atoms with E-state index in [-0.39, 0.29) is 0 Å². The number of rotatable bonds is 1. The summed E-state index contributed by atoms with van der Waals surface area (Å²) < 4.78 is 25.8. The first-order valence-electron chi connectivity index (χ1n) is 6.62. The molecule has 0 aliphatic heterocycles. The molecule has 0 amide bonds. The molecule has 1 aliphatic carbocycles. The van der Waals surface area contributed by atoms with E-state index in [9.17, 15) is 8.78 Å². The smallest absolute Gasteiger partial charge is 0.159 e. The van der Waals surface area contributed by atoms with Crippen LogP contribution in [0, 0.1) is 17.6 Å². The van der Waals surface area contributed by atoms with E-state index in [0.29, 0.717) is 5.92 Å². The van der Waals surface area contributed by atoms with Crippen molar-refractivity contribution in [3.8, 4) is 0 Å². The second kappa shape index (κ2) is 6.73. The molecular weight excluding hydrogens is 218 g/mol. The first-order chi connectivity index (χ1) is 8.16. The lowest BCUT2D eigenvalue weighted by molar-refractivity contribution is 0.347. The molecule has 0 bridgehead atoms. The van der Waals surface area contributed by atoms with Crippen LogP contribution in [-0.4, -0.2) is 0 Å². The molecule has 0 unspecified atom stereocenters. The van der Waals surface area contributed by atoms with Crippen LogP contribution in [-0.2, 0) is 0 Å². The zero-order chi connectivity index (χ0) is 12.8. The van der Waals surface area contributed by atoms with Crippen LogP contribution in [0.4, 0.5) is 8.78 Å². The van der Waals surface area contributed by atoms with Gasteiger partial charge in [-0.2, -0.15) is 0 Å². The Balaban J connectivity index is 0.000000686. The Morgan fingerprint density at radius 1 is 0.941 bits per heavy atom. The van der Waals surface area contributed by atoms with Crippen molar-refractivity contribution in [1.82, 2.24) is 0 Å². The van der Waals surface area contributed by atoms with Gasteiger partial charge in [-0.3, -0.25) is 0 Å². The zero-order valence-corrected chi connectivity index (χ0v) is 11.0. The number of halogens is 2. The summed E-state index contributed by atoms with van der Waals surface area (Å²) in [5.41, 5.74) is 0.959. The average molecular weight is 240 g/mol. The molecule has 17 heavy (non-hydrogen) atoms. The summed E-state index contributed by atoms with van der Waals surface area (Å²) in [7, 11) is 0. The van der Waals surface area contributed by atoms with Crippen LogP contribution in [0.5, 0.6) is 0 Å². The second-order valence-electron chi connectivity index (χ2n) is 4.63. The molecule has 0 N–H and O–H groups in total. The Kier molecular flexibility index (Phi) is 5.60. The van der Waals surface area contributed by atoms with Gasteiger partial charge in [0.2, 0.25) is 0 Å². The van der Waals surface area contributed by atoms with Crippen LogP contribution in [0.1, 0.15) is 57.9 Å². The van der Waals surface area contributed by atoms with Crippen molar-refractivity contribution >= 4 is 0 Å². The third-order valence-electron chi connectivity index (χ3n) is 3.43. The van der Waals surface area contributed by atoms with Crippen LogP contribution in [0.15, 0.2) is 18.2 Å². The lowest BCUT2D eigenvalue weighted by Crippen LogP contribution is -2.11. The maximum absolute atomic E-state index is 13.0. The molecule has 0 heterocycles. The van der Waals surface area contributed by atoms with Gasteiger partial charge in [-0.05, 0) is 42.4 Å². The number of benzene rings is 1. The molecule has 1 aromatic carbocycles. The van der Waals surface area contributed by atoms with Gasteiger partial charge in [-0.15, -0.1) is 0 Å². The normalized spacial score (nSPS) is 23.8. The van der Waals surface area contributed by atoms with Gasteiger partial charge in [-0.25, -0.2) is 8.78 Å². The van der Waals surface area contributed by atoms with E-state index in [4.69, 9.17) is 0 Å². The van der Waals surface area contributed by atoms with Crippen molar-refractivity contribution in [2.75, 3.05) is 0 Å². The summed E-state index contributed by atoms with van der Waals surface area (Å²) in [6, 6.07) is 4.32. The number of hydrogen-bond acceptors (Lipinski definition) is 0. The van der Waals surface area contributed by atoms with Crippen LogP contribution < -0.4 is 0 Å². The highest BCUT2D eigenvalue weighted by molar-refractivity contribution is 5.22. The van der Waals surface area contributed by atoms with Crippen molar-refractivity contribution in [3.05, 3.63) is 35.4 Å². The van der Waals surface area contributed by atoms with Crippen LogP contribution in [0.25, 0.3) is 0 Å². The summed E-state index contributed by atoms with van der Waals surface area (Å²) in [6.45, 7) is 6.25. The lowest BCUT2D eigenvalue weighted by atomic mass is 9.79. The fourth-order valence-electron chi connectivity index (χ4n) is 2.36.